The van der Waals surface area contributed by atoms with E-state index in [4.69, 9.17) is 4.74 Å². The van der Waals surface area contributed by atoms with Crippen molar-refractivity contribution in [3.63, 3.8) is 0 Å². The van der Waals surface area contributed by atoms with Crippen molar-refractivity contribution in [2.24, 2.45) is 5.92 Å². The van der Waals surface area contributed by atoms with Crippen LogP contribution in [0.15, 0.2) is 0 Å². The molecule has 0 aliphatic carbocycles. The van der Waals surface area contributed by atoms with Gasteiger partial charge in [0.05, 0.1) is 12.0 Å². The average Bonchev–Trinajstić information content (AvgIpc) is 2.44. The summed E-state index contributed by atoms with van der Waals surface area (Å²) >= 11 is 0. The van der Waals surface area contributed by atoms with Crippen molar-refractivity contribution in [1.29, 1.82) is 0 Å². The maximum absolute atomic E-state index is 11.0. The lowest BCUT2D eigenvalue weighted by Gasteiger charge is -2.09. The van der Waals surface area contributed by atoms with Gasteiger partial charge in [-0.25, -0.2) is 0 Å². The zero-order chi connectivity index (χ0) is 6.72. The van der Waals surface area contributed by atoms with Gasteiger partial charge in [0.2, 0.25) is 0 Å². The molecule has 3 rings (SSSR count). The molecule has 0 radical (unpaired) electrons. The van der Waals surface area contributed by atoms with Gasteiger partial charge < -0.3 is 10.1 Å². The quantitative estimate of drug-likeness (QED) is 0.467. The third-order valence-electron chi connectivity index (χ3n) is 2.89. The molecule has 0 amide bonds. The third kappa shape index (κ3) is 0.408. The number of carbonyl (C=O) groups excluding carboxylic acids is 1. The summed E-state index contributed by atoms with van der Waals surface area (Å²) in [4.78, 5) is 11.0. The van der Waals surface area contributed by atoms with Crippen molar-refractivity contribution in [2.75, 3.05) is 0 Å². The molecule has 10 heavy (non-hydrogen) atoms. The van der Waals surface area contributed by atoms with Crippen LogP contribution in [0, 0.1) is 5.92 Å². The first kappa shape index (κ1) is 5.13. The molecule has 0 spiro atoms. The number of esters is 1. The molecule has 3 nitrogen and oxygen atoms in total. The molecule has 3 heteroatoms. The molecule has 2 bridgehead atoms. The van der Waals surface area contributed by atoms with Gasteiger partial charge in [-0.3, -0.25) is 4.79 Å². The zero-order valence-electron chi connectivity index (χ0n) is 5.54. The van der Waals surface area contributed by atoms with E-state index in [1.54, 1.807) is 0 Å². The van der Waals surface area contributed by atoms with Crippen LogP contribution in [-0.4, -0.2) is 24.2 Å². The van der Waals surface area contributed by atoms with Crippen LogP contribution >= 0.6 is 0 Å². The highest BCUT2D eigenvalue weighted by Crippen LogP contribution is 2.41. The molecule has 0 aromatic heterocycles. The Hall–Kier alpha value is -0.570. The monoisotopic (exact) mass is 139 g/mol. The molecule has 3 saturated heterocycles. The second kappa shape index (κ2) is 1.37. The number of rotatable bonds is 0. The van der Waals surface area contributed by atoms with E-state index in [1.807, 2.05) is 0 Å². The lowest BCUT2D eigenvalue weighted by molar-refractivity contribution is -0.143. The van der Waals surface area contributed by atoms with Gasteiger partial charge in [0.1, 0.15) is 6.10 Å². The van der Waals surface area contributed by atoms with Gasteiger partial charge in [0.25, 0.3) is 0 Å². The summed E-state index contributed by atoms with van der Waals surface area (Å²) in [7, 11) is 0. The van der Waals surface area contributed by atoms with Crippen molar-refractivity contribution in [1.82, 2.24) is 5.32 Å². The Kier molecular flexibility index (Phi) is 0.703. The van der Waals surface area contributed by atoms with Crippen LogP contribution in [0.5, 0.6) is 0 Å². The van der Waals surface area contributed by atoms with Crippen LogP contribution in [0.2, 0.25) is 0 Å². The number of nitrogens with one attached hydrogen (secondary N) is 1. The highest BCUT2D eigenvalue weighted by Gasteiger charge is 2.56. The molecule has 3 unspecified atom stereocenters. The van der Waals surface area contributed by atoms with E-state index >= 15 is 0 Å². The highest BCUT2D eigenvalue weighted by molar-refractivity contribution is 5.77. The van der Waals surface area contributed by atoms with E-state index in [0.29, 0.717) is 12.1 Å². The van der Waals surface area contributed by atoms with E-state index in [1.165, 1.54) is 0 Å². The fraction of sp³-hybridized carbons (Fsp3) is 0.857. The topological polar surface area (TPSA) is 38.3 Å². The second-order valence-corrected chi connectivity index (χ2v) is 3.44. The van der Waals surface area contributed by atoms with E-state index in [9.17, 15) is 4.79 Å². The van der Waals surface area contributed by atoms with Crippen LogP contribution < -0.4 is 5.32 Å². The van der Waals surface area contributed by atoms with Crippen molar-refractivity contribution >= 4 is 5.97 Å². The van der Waals surface area contributed by atoms with Crippen molar-refractivity contribution < 1.29 is 9.53 Å². The fourth-order valence-electron chi connectivity index (χ4n) is 2.47. The number of carbonyl (C=O) groups is 1. The molecular formula is C7H9NO2. The summed E-state index contributed by atoms with van der Waals surface area (Å²) in [5, 5.41) is 3.37. The summed E-state index contributed by atoms with van der Waals surface area (Å²) in [6, 6.07) is 0.948. The van der Waals surface area contributed by atoms with Crippen LogP contribution in [-0.2, 0) is 9.53 Å². The molecule has 0 aromatic carbocycles. The molecule has 4 atom stereocenters. The summed E-state index contributed by atoms with van der Waals surface area (Å²) in [6.45, 7) is 0. The predicted molar refractivity (Wildman–Crippen MR) is 33.3 cm³/mol. The fourth-order valence-corrected chi connectivity index (χ4v) is 2.47. The van der Waals surface area contributed by atoms with E-state index in [2.05, 4.69) is 5.32 Å². The molecule has 3 aliphatic rings. The number of fused-ring (bicyclic) bond motifs is 1. The Morgan fingerprint density at radius 3 is 3.00 bits per heavy atom. The standard InChI is InChI=1S/C7H9NO2/c9-7-4-1-3-2-5(10-7)6(4)8-3/h3-6,8H,1-2H2/t3?,4?,5?,6-/m0/s1. The predicted octanol–water partition coefficient (Wildman–Crippen LogP) is -0.338. The second-order valence-electron chi connectivity index (χ2n) is 3.44. The maximum atomic E-state index is 11.0. The Morgan fingerprint density at radius 1 is 1.50 bits per heavy atom. The lowest BCUT2D eigenvalue weighted by Crippen LogP contribution is -2.27. The molecule has 0 saturated carbocycles. The molecule has 3 aliphatic heterocycles. The molecule has 3 fully saturated rings. The van der Waals surface area contributed by atoms with E-state index < -0.39 is 0 Å². The van der Waals surface area contributed by atoms with Crippen molar-refractivity contribution in [2.45, 2.75) is 31.0 Å². The van der Waals surface area contributed by atoms with Crippen molar-refractivity contribution in [3.8, 4) is 0 Å². The number of ether oxygens (including phenoxy) is 1. The third-order valence-corrected chi connectivity index (χ3v) is 2.89. The smallest absolute Gasteiger partial charge is 0.311 e. The van der Waals surface area contributed by atoms with Gasteiger partial charge >= 0.3 is 5.97 Å². The molecule has 0 aromatic rings. The van der Waals surface area contributed by atoms with Gasteiger partial charge in [0.15, 0.2) is 0 Å². The van der Waals surface area contributed by atoms with Gasteiger partial charge in [-0.15, -0.1) is 0 Å². The first-order valence-electron chi connectivity index (χ1n) is 3.81. The largest absolute Gasteiger partial charge is 0.460 e. The average molecular weight is 139 g/mol. The minimum atomic E-state index is 0.0301. The summed E-state index contributed by atoms with van der Waals surface area (Å²) in [6.07, 6.45) is 2.28. The van der Waals surface area contributed by atoms with E-state index in [-0.39, 0.29) is 18.0 Å². The van der Waals surface area contributed by atoms with Crippen LogP contribution in [0.4, 0.5) is 0 Å². The van der Waals surface area contributed by atoms with Gasteiger partial charge in [-0.1, -0.05) is 0 Å². The Morgan fingerprint density at radius 2 is 2.40 bits per heavy atom. The Labute approximate surface area is 58.7 Å². The van der Waals surface area contributed by atoms with Crippen LogP contribution in [0.1, 0.15) is 12.8 Å². The van der Waals surface area contributed by atoms with Gasteiger partial charge in [-0.2, -0.15) is 0 Å². The Bertz CT molecular complexity index is 202. The minimum absolute atomic E-state index is 0.0301. The summed E-state index contributed by atoms with van der Waals surface area (Å²) in [5.74, 6) is 0.228. The maximum Gasteiger partial charge on any atom is 0.311 e. The molecular weight excluding hydrogens is 130 g/mol. The summed E-state index contributed by atoms with van der Waals surface area (Å²) in [5.41, 5.74) is 0. The first-order chi connectivity index (χ1) is 4.84. The molecule has 54 valence electrons. The van der Waals surface area contributed by atoms with Crippen LogP contribution in [0.25, 0.3) is 0 Å². The molecule has 1 N–H and O–H groups in total. The normalized spacial score (nSPS) is 55.8. The zero-order valence-corrected chi connectivity index (χ0v) is 5.54. The summed E-state index contributed by atoms with van der Waals surface area (Å²) < 4.78 is 5.14. The van der Waals surface area contributed by atoms with E-state index in [0.717, 1.165) is 12.8 Å². The Balaban J connectivity index is 2.05. The first-order valence-corrected chi connectivity index (χ1v) is 3.81. The van der Waals surface area contributed by atoms with Gasteiger partial charge in [0, 0.05) is 12.5 Å². The highest BCUT2D eigenvalue weighted by atomic mass is 16.6. The van der Waals surface area contributed by atoms with Crippen LogP contribution in [0.3, 0.4) is 0 Å². The molecule has 3 heterocycles. The van der Waals surface area contributed by atoms with Crippen molar-refractivity contribution in [3.05, 3.63) is 0 Å². The lowest BCUT2D eigenvalue weighted by atomic mass is 9.90. The van der Waals surface area contributed by atoms with Gasteiger partial charge in [-0.05, 0) is 6.42 Å². The SMILES string of the molecule is O=C1OC2CC3CC1[C@@H]2N3. The number of hydrogen-bond acceptors (Lipinski definition) is 3. The minimum Gasteiger partial charge on any atom is -0.460 e. The number of hydrogen-bond donors (Lipinski definition) is 1.